The topological polar surface area (TPSA) is 70.4 Å². The van der Waals surface area contributed by atoms with Crippen LogP contribution in [0.5, 0.6) is 0 Å². The molecule has 2 aromatic rings. The summed E-state index contributed by atoms with van der Waals surface area (Å²) < 4.78 is 5.30. The number of carbonyl (C=O) groups excluding carboxylic acids is 1. The number of hydrogen-bond donors (Lipinski definition) is 2. The smallest absolute Gasteiger partial charge is 0.273 e. The van der Waals surface area contributed by atoms with Crippen LogP contribution in [0.25, 0.3) is 6.08 Å². The minimum atomic E-state index is -0.224. The average molecular weight is 255 g/mol. The molecule has 0 unspecified atom stereocenters. The molecule has 0 saturated heterocycles. The predicted octanol–water partition coefficient (Wildman–Crippen LogP) is 2.14. The number of amides is 1. The number of nitrogens with one attached hydrogen (secondary N) is 2. The number of aromatic nitrogens is 1. The lowest BCUT2D eigenvalue weighted by Gasteiger charge is -1.98. The third-order valence-electron chi connectivity index (χ3n) is 3.00. The van der Waals surface area contributed by atoms with E-state index in [9.17, 15) is 4.79 Å². The van der Waals surface area contributed by atoms with Crippen LogP contribution in [0.1, 0.15) is 22.7 Å². The summed E-state index contributed by atoms with van der Waals surface area (Å²) in [5, 5.41) is 4.01. The Balaban J connectivity index is 2.05. The largest absolute Gasteiger partial charge is 0.463 e. The molecule has 1 aliphatic rings. The van der Waals surface area contributed by atoms with Crippen molar-refractivity contribution in [1.82, 2.24) is 10.4 Å². The first kappa shape index (κ1) is 11.5. The van der Waals surface area contributed by atoms with Gasteiger partial charge in [0.25, 0.3) is 5.91 Å². The highest BCUT2D eigenvalue weighted by atomic mass is 16.3. The number of rotatable bonds is 2. The molecule has 2 aromatic heterocycles. The van der Waals surface area contributed by atoms with Gasteiger partial charge in [0, 0.05) is 11.4 Å². The fourth-order valence-corrected chi connectivity index (χ4v) is 2.11. The summed E-state index contributed by atoms with van der Waals surface area (Å²) in [6.07, 6.45) is 3.36. The van der Waals surface area contributed by atoms with Crippen molar-refractivity contribution in [1.29, 1.82) is 0 Å². The molecule has 0 aromatic carbocycles. The summed E-state index contributed by atoms with van der Waals surface area (Å²) in [5.41, 5.74) is 6.54. The number of furan rings is 1. The van der Waals surface area contributed by atoms with Crippen LogP contribution in [0.4, 0.5) is 0 Å². The predicted molar refractivity (Wildman–Crippen MR) is 71.6 cm³/mol. The zero-order chi connectivity index (χ0) is 13.4. The van der Waals surface area contributed by atoms with Gasteiger partial charge in [0.2, 0.25) is 0 Å². The summed E-state index contributed by atoms with van der Waals surface area (Å²) >= 11 is 0. The van der Waals surface area contributed by atoms with E-state index >= 15 is 0 Å². The van der Waals surface area contributed by atoms with Crippen molar-refractivity contribution in [2.24, 2.45) is 5.10 Å². The molecule has 0 bridgehead atoms. The second-order valence-corrected chi connectivity index (χ2v) is 4.49. The lowest BCUT2D eigenvalue weighted by atomic mass is 10.1. The SMILES string of the molecule is Cc1cc(C)c(C=C2C(=O)NN=C2c2ccco2)[nH]1. The first-order chi connectivity index (χ1) is 9.15. The molecular weight excluding hydrogens is 242 g/mol. The van der Waals surface area contributed by atoms with Crippen molar-refractivity contribution >= 4 is 17.7 Å². The Morgan fingerprint density at radius 1 is 1.37 bits per heavy atom. The van der Waals surface area contributed by atoms with Crippen LogP contribution < -0.4 is 5.43 Å². The maximum atomic E-state index is 11.9. The van der Waals surface area contributed by atoms with E-state index in [2.05, 4.69) is 15.5 Å². The van der Waals surface area contributed by atoms with E-state index in [-0.39, 0.29) is 5.91 Å². The summed E-state index contributed by atoms with van der Waals surface area (Å²) in [6, 6.07) is 5.57. The first-order valence-corrected chi connectivity index (χ1v) is 5.95. The van der Waals surface area contributed by atoms with Gasteiger partial charge < -0.3 is 9.40 Å². The van der Waals surface area contributed by atoms with Crippen LogP contribution in [-0.2, 0) is 4.79 Å². The Labute approximate surface area is 110 Å². The van der Waals surface area contributed by atoms with Gasteiger partial charge in [-0.15, -0.1) is 0 Å². The minimum Gasteiger partial charge on any atom is -0.463 e. The van der Waals surface area contributed by atoms with E-state index in [1.807, 2.05) is 19.9 Å². The Bertz CT molecular complexity index is 690. The Morgan fingerprint density at radius 2 is 2.21 bits per heavy atom. The zero-order valence-electron chi connectivity index (χ0n) is 10.7. The monoisotopic (exact) mass is 255 g/mol. The second-order valence-electron chi connectivity index (χ2n) is 4.49. The van der Waals surface area contributed by atoms with E-state index in [4.69, 9.17) is 4.42 Å². The van der Waals surface area contributed by atoms with E-state index in [0.717, 1.165) is 17.0 Å². The molecule has 0 aliphatic carbocycles. The van der Waals surface area contributed by atoms with Crippen LogP contribution in [0.3, 0.4) is 0 Å². The quantitative estimate of drug-likeness (QED) is 0.807. The molecular formula is C14H13N3O2. The minimum absolute atomic E-state index is 0.224. The Morgan fingerprint density at radius 3 is 2.84 bits per heavy atom. The number of aryl methyl sites for hydroxylation is 2. The highest BCUT2D eigenvalue weighted by Gasteiger charge is 2.26. The van der Waals surface area contributed by atoms with Crippen LogP contribution in [0, 0.1) is 13.8 Å². The fourth-order valence-electron chi connectivity index (χ4n) is 2.11. The van der Waals surface area contributed by atoms with E-state index in [1.165, 1.54) is 0 Å². The molecule has 19 heavy (non-hydrogen) atoms. The lowest BCUT2D eigenvalue weighted by Crippen LogP contribution is -2.13. The second kappa shape index (κ2) is 4.28. The molecule has 3 rings (SSSR count). The van der Waals surface area contributed by atoms with Crippen LogP contribution in [0.15, 0.2) is 39.6 Å². The highest BCUT2D eigenvalue weighted by molar-refractivity contribution is 6.32. The number of aromatic amines is 1. The van der Waals surface area contributed by atoms with E-state index in [1.54, 1.807) is 24.5 Å². The van der Waals surface area contributed by atoms with Crippen molar-refractivity contribution in [3.05, 3.63) is 52.7 Å². The van der Waals surface area contributed by atoms with Gasteiger partial charge in [0.05, 0.1) is 11.8 Å². The van der Waals surface area contributed by atoms with E-state index < -0.39 is 0 Å². The summed E-state index contributed by atoms with van der Waals surface area (Å²) in [7, 11) is 0. The van der Waals surface area contributed by atoms with Gasteiger partial charge in [-0.1, -0.05) is 0 Å². The van der Waals surface area contributed by atoms with Gasteiger partial charge in [0.1, 0.15) is 5.71 Å². The molecule has 1 amide bonds. The van der Waals surface area contributed by atoms with Gasteiger partial charge >= 0.3 is 0 Å². The van der Waals surface area contributed by atoms with Crippen LogP contribution in [-0.4, -0.2) is 16.6 Å². The average Bonchev–Trinajstić information content (AvgIpc) is 3.04. The number of hydrazone groups is 1. The fraction of sp³-hybridized carbons (Fsp3) is 0.143. The summed E-state index contributed by atoms with van der Waals surface area (Å²) in [4.78, 5) is 15.1. The molecule has 0 spiro atoms. The zero-order valence-corrected chi connectivity index (χ0v) is 10.7. The van der Waals surface area contributed by atoms with Crippen molar-refractivity contribution in [2.75, 3.05) is 0 Å². The van der Waals surface area contributed by atoms with Gasteiger partial charge in [0.15, 0.2) is 5.76 Å². The van der Waals surface area contributed by atoms with Crippen molar-refractivity contribution in [3.8, 4) is 0 Å². The third-order valence-corrected chi connectivity index (χ3v) is 3.00. The molecule has 0 radical (unpaired) electrons. The van der Waals surface area contributed by atoms with Crippen molar-refractivity contribution in [2.45, 2.75) is 13.8 Å². The molecule has 3 heterocycles. The molecule has 5 nitrogen and oxygen atoms in total. The van der Waals surface area contributed by atoms with Crippen LogP contribution in [0.2, 0.25) is 0 Å². The van der Waals surface area contributed by atoms with Gasteiger partial charge in [-0.25, -0.2) is 5.43 Å². The highest BCUT2D eigenvalue weighted by Crippen LogP contribution is 2.19. The van der Waals surface area contributed by atoms with Crippen molar-refractivity contribution in [3.63, 3.8) is 0 Å². The van der Waals surface area contributed by atoms with Crippen molar-refractivity contribution < 1.29 is 9.21 Å². The molecule has 1 aliphatic heterocycles. The third kappa shape index (κ3) is 1.99. The number of hydrogen-bond acceptors (Lipinski definition) is 3. The standard InChI is InChI=1S/C14H13N3O2/c1-8-6-9(2)15-11(8)7-10-13(16-17-14(10)18)12-4-3-5-19-12/h3-7,15H,1-2H3,(H,17,18). The molecule has 0 atom stereocenters. The van der Waals surface area contributed by atoms with Gasteiger partial charge in [-0.05, 0) is 43.7 Å². The maximum absolute atomic E-state index is 11.9. The van der Waals surface area contributed by atoms with Gasteiger partial charge in [-0.3, -0.25) is 4.79 Å². The Hall–Kier alpha value is -2.56. The Kier molecular flexibility index (Phi) is 2.59. The number of carbonyl (C=O) groups is 1. The van der Waals surface area contributed by atoms with E-state index in [0.29, 0.717) is 17.0 Å². The summed E-state index contributed by atoms with van der Waals surface area (Å²) in [6.45, 7) is 3.97. The molecule has 0 saturated carbocycles. The molecule has 5 heteroatoms. The van der Waals surface area contributed by atoms with Crippen LogP contribution >= 0.6 is 0 Å². The normalized spacial score (nSPS) is 16.8. The molecule has 0 fully saturated rings. The van der Waals surface area contributed by atoms with Gasteiger partial charge in [-0.2, -0.15) is 5.10 Å². The summed E-state index contributed by atoms with van der Waals surface area (Å²) in [5.74, 6) is 0.351. The number of H-pyrrole nitrogens is 1. The first-order valence-electron chi connectivity index (χ1n) is 5.95. The molecule has 2 N–H and O–H groups in total. The number of nitrogens with zero attached hydrogens (tertiary/aromatic N) is 1. The maximum Gasteiger partial charge on any atom is 0.273 e. The lowest BCUT2D eigenvalue weighted by molar-refractivity contribution is -0.116. The molecule has 96 valence electrons.